The summed E-state index contributed by atoms with van der Waals surface area (Å²) < 4.78 is 1.83. The van der Waals surface area contributed by atoms with E-state index in [1.54, 1.807) is 0 Å². The number of aldehydes is 1. The van der Waals surface area contributed by atoms with E-state index < -0.39 is 0 Å². The standard InChI is InChI=1S/C12H19N3O/c1-9-6-4-5-7-15(9)12-11(8-16)10(2)13-14(12)3/h8-9H,4-7H2,1-3H3. The highest BCUT2D eigenvalue weighted by Crippen LogP contribution is 2.28. The number of anilines is 1. The van der Waals surface area contributed by atoms with Crippen LogP contribution in [-0.2, 0) is 7.05 Å². The van der Waals surface area contributed by atoms with Crippen molar-refractivity contribution in [1.82, 2.24) is 9.78 Å². The van der Waals surface area contributed by atoms with Crippen molar-refractivity contribution in [1.29, 1.82) is 0 Å². The molecule has 1 aliphatic rings. The Balaban J connectivity index is 2.41. The van der Waals surface area contributed by atoms with Crippen molar-refractivity contribution in [3.05, 3.63) is 11.3 Å². The second-order valence-electron chi connectivity index (χ2n) is 4.60. The Bertz CT molecular complexity index is 397. The summed E-state index contributed by atoms with van der Waals surface area (Å²) >= 11 is 0. The molecule has 2 heterocycles. The van der Waals surface area contributed by atoms with Gasteiger partial charge in [-0.25, -0.2) is 0 Å². The number of rotatable bonds is 2. The predicted octanol–water partition coefficient (Wildman–Crippen LogP) is 1.92. The third-order valence-corrected chi connectivity index (χ3v) is 3.43. The second-order valence-corrected chi connectivity index (χ2v) is 4.60. The van der Waals surface area contributed by atoms with Gasteiger partial charge in [-0.05, 0) is 33.1 Å². The van der Waals surface area contributed by atoms with Crippen LogP contribution in [-0.4, -0.2) is 28.7 Å². The first-order chi connectivity index (χ1) is 7.65. The molecule has 1 fully saturated rings. The average molecular weight is 221 g/mol. The van der Waals surface area contributed by atoms with Gasteiger partial charge in [-0.1, -0.05) is 0 Å². The van der Waals surface area contributed by atoms with E-state index in [0.717, 1.165) is 29.9 Å². The third-order valence-electron chi connectivity index (χ3n) is 3.43. The smallest absolute Gasteiger partial charge is 0.155 e. The van der Waals surface area contributed by atoms with Crippen LogP contribution in [0.15, 0.2) is 0 Å². The molecular formula is C12H19N3O. The molecule has 0 N–H and O–H groups in total. The van der Waals surface area contributed by atoms with Crippen molar-refractivity contribution >= 4 is 12.1 Å². The molecule has 4 heteroatoms. The molecule has 0 aromatic carbocycles. The molecule has 1 aromatic rings. The summed E-state index contributed by atoms with van der Waals surface area (Å²) in [6.07, 6.45) is 4.61. The Hall–Kier alpha value is -1.32. The number of carbonyl (C=O) groups is 1. The third kappa shape index (κ3) is 1.72. The first-order valence-corrected chi connectivity index (χ1v) is 5.90. The van der Waals surface area contributed by atoms with E-state index in [1.165, 1.54) is 19.3 Å². The fraction of sp³-hybridized carbons (Fsp3) is 0.667. The number of hydrogen-bond acceptors (Lipinski definition) is 3. The van der Waals surface area contributed by atoms with Gasteiger partial charge in [0.25, 0.3) is 0 Å². The lowest BCUT2D eigenvalue weighted by molar-refractivity contribution is 0.112. The summed E-state index contributed by atoms with van der Waals surface area (Å²) in [4.78, 5) is 13.4. The number of aromatic nitrogens is 2. The molecule has 4 nitrogen and oxygen atoms in total. The molecule has 0 bridgehead atoms. The number of hydrogen-bond donors (Lipinski definition) is 0. The first-order valence-electron chi connectivity index (χ1n) is 5.90. The molecule has 1 atom stereocenters. The van der Waals surface area contributed by atoms with Gasteiger partial charge < -0.3 is 4.90 Å². The molecule has 1 saturated heterocycles. The summed E-state index contributed by atoms with van der Waals surface area (Å²) in [5, 5.41) is 4.34. The molecule has 2 rings (SSSR count). The summed E-state index contributed by atoms with van der Waals surface area (Å²) in [5.74, 6) is 0.986. The van der Waals surface area contributed by atoms with E-state index in [0.29, 0.717) is 6.04 Å². The van der Waals surface area contributed by atoms with Gasteiger partial charge in [-0.15, -0.1) is 0 Å². The molecule has 16 heavy (non-hydrogen) atoms. The van der Waals surface area contributed by atoms with Crippen LogP contribution in [0.5, 0.6) is 0 Å². The van der Waals surface area contributed by atoms with Gasteiger partial charge in [0.05, 0.1) is 11.3 Å². The molecule has 0 saturated carbocycles. The van der Waals surface area contributed by atoms with Crippen LogP contribution >= 0.6 is 0 Å². The summed E-state index contributed by atoms with van der Waals surface area (Å²) in [6.45, 7) is 5.14. The fourth-order valence-electron chi connectivity index (χ4n) is 2.55. The molecule has 1 aromatic heterocycles. The van der Waals surface area contributed by atoms with Gasteiger partial charge in [-0.3, -0.25) is 9.48 Å². The minimum absolute atomic E-state index is 0.502. The molecule has 0 amide bonds. The number of carbonyl (C=O) groups excluding carboxylic acids is 1. The number of aryl methyl sites for hydroxylation is 2. The molecule has 0 spiro atoms. The average Bonchev–Trinajstić information content (AvgIpc) is 2.54. The minimum atomic E-state index is 0.502. The van der Waals surface area contributed by atoms with E-state index in [2.05, 4.69) is 16.9 Å². The Labute approximate surface area is 96.2 Å². The van der Waals surface area contributed by atoms with Crippen molar-refractivity contribution in [2.75, 3.05) is 11.4 Å². The maximum Gasteiger partial charge on any atom is 0.155 e. The van der Waals surface area contributed by atoms with Crippen molar-refractivity contribution in [2.45, 2.75) is 39.2 Å². The van der Waals surface area contributed by atoms with Crippen molar-refractivity contribution in [2.24, 2.45) is 7.05 Å². The highest BCUT2D eigenvalue weighted by atomic mass is 16.1. The molecular weight excluding hydrogens is 202 g/mol. The Kier molecular flexibility index (Phi) is 2.99. The lowest BCUT2D eigenvalue weighted by Gasteiger charge is -2.35. The topological polar surface area (TPSA) is 38.1 Å². The maximum atomic E-state index is 11.1. The maximum absolute atomic E-state index is 11.1. The van der Waals surface area contributed by atoms with E-state index in [9.17, 15) is 4.79 Å². The monoisotopic (exact) mass is 221 g/mol. The van der Waals surface area contributed by atoms with Crippen LogP contribution < -0.4 is 4.90 Å². The zero-order valence-electron chi connectivity index (χ0n) is 10.2. The van der Waals surface area contributed by atoms with Gasteiger partial charge in [0.1, 0.15) is 5.82 Å². The van der Waals surface area contributed by atoms with Crippen molar-refractivity contribution in [3.63, 3.8) is 0 Å². The van der Waals surface area contributed by atoms with Crippen LogP contribution in [0.3, 0.4) is 0 Å². The van der Waals surface area contributed by atoms with Gasteiger partial charge in [0, 0.05) is 19.6 Å². The Morgan fingerprint density at radius 3 is 2.81 bits per heavy atom. The lowest BCUT2D eigenvalue weighted by Crippen LogP contribution is -2.39. The van der Waals surface area contributed by atoms with Crippen molar-refractivity contribution in [3.8, 4) is 0 Å². The van der Waals surface area contributed by atoms with Crippen LogP contribution in [0, 0.1) is 6.92 Å². The predicted molar refractivity (Wildman–Crippen MR) is 64.0 cm³/mol. The quantitative estimate of drug-likeness (QED) is 0.716. The summed E-state index contributed by atoms with van der Waals surface area (Å²) in [6, 6.07) is 0.502. The lowest BCUT2D eigenvalue weighted by atomic mass is 10.0. The highest BCUT2D eigenvalue weighted by Gasteiger charge is 2.25. The molecule has 0 radical (unpaired) electrons. The van der Waals surface area contributed by atoms with Crippen molar-refractivity contribution < 1.29 is 4.79 Å². The molecule has 88 valence electrons. The molecule has 1 unspecified atom stereocenters. The van der Waals surface area contributed by atoms with Gasteiger partial charge >= 0.3 is 0 Å². The van der Waals surface area contributed by atoms with Crippen LogP contribution in [0.4, 0.5) is 5.82 Å². The summed E-state index contributed by atoms with van der Waals surface area (Å²) in [5.41, 5.74) is 1.57. The molecule has 1 aliphatic heterocycles. The summed E-state index contributed by atoms with van der Waals surface area (Å²) in [7, 11) is 1.91. The van der Waals surface area contributed by atoms with E-state index in [1.807, 2.05) is 18.7 Å². The van der Waals surface area contributed by atoms with Crippen LogP contribution in [0.25, 0.3) is 0 Å². The number of nitrogens with zero attached hydrogens (tertiary/aromatic N) is 3. The van der Waals surface area contributed by atoms with E-state index in [4.69, 9.17) is 0 Å². The minimum Gasteiger partial charge on any atom is -0.354 e. The Morgan fingerprint density at radius 2 is 2.19 bits per heavy atom. The van der Waals surface area contributed by atoms with Crippen LogP contribution in [0.2, 0.25) is 0 Å². The largest absolute Gasteiger partial charge is 0.354 e. The first kappa shape index (κ1) is 11.2. The normalized spacial score (nSPS) is 21.2. The van der Waals surface area contributed by atoms with Gasteiger partial charge in [-0.2, -0.15) is 5.10 Å². The second kappa shape index (κ2) is 4.28. The number of piperidine rings is 1. The van der Waals surface area contributed by atoms with E-state index >= 15 is 0 Å². The zero-order chi connectivity index (χ0) is 11.7. The van der Waals surface area contributed by atoms with Gasteiger partial charge in [0.15, 0.2) is 6.29 Å². The molecule has 0 aliphatic carbocycles. The van der Waals surface area contributed by atoms with Gasteiger partial charge in [0.2, 0.25) is 0 Å². The van der Waals surface area contributed by atoms with Crippen LogP contribution in [0.1, 0.15) is 42.2 Å². The SMILES string of the molecule is Cc1nn(C)c(N2CCCCC2C)c1C=O. The fourth-order valence-corrected chi connectivity index (χ4v) is 2.55. The van der Waals surface area contributed by atoms with E-state index in [-0.39, 0.29) is 0 Å². The highest BCUT2D eigenvalue weighted by molar-refractivity contribution is 5.84. The zero-order valence-corrected chi connectivity index (χ0v) is 10.2. The Morgan fingerprint density at radius 1 is 1.44 bits per heavy atom.